The minimum Gasteiger partial charge on any atom is -0.496 e. The molecule has 0 saturated heterocycles. The lowest BCUT2D eigenvalue weighted by Gasteiger charge is -2.18. The van der Waals surface area contributed by atoms with E-state index < -0.39 is 39.8 Å². The molecule has 0 saturated carbocycles. The Morgan fingerprint density at radius 2 is 1.78 bits per heavy atom. The number of hydrogen-bond acceptors (Lipinski definition) is 7. The molecule has 0 spiro atoms. The number of para-hydroxylation sites is 1. The topological polar surface area (TPSA) is 98.2 Å². The number of sulfone groups is 1. The molecule has 0 fully saturated rings. The standard InChI is InChI=1S/C24H27F3N3O4PS/c1-15(2)36(32,33)21-9-7-6-8-19(21)29-23-18(24(25,26)27)14-28-22(30-23)12-16-10-11-17(35(4,5)31)13-20(16)34-3/h6-11,13-15H,12H2,1-5H3,(H,28,29,30). The lowest BCUT2D eigenvalue weighted by molar-refractivity contribution is -0.137. The molecule has 194 valence electrons. The molecule has 1 N–H and O–H groups in total. The van der Waals surface area contributed by atoms with E-state index in [1.165, 1.54) is 45.2 Å². The zero-order valence-electron chi connectivity index (χ0n) is 20.4. The second-order valence-electron chi connectivity index (χ2n) is 8.78. The summed E-state index contributed by atoms with van der Waals surface area (Å²) in [6, 6.07) is 10.7. The molecule has 7 nitrogen and oxygen atoms in total. The monoisotopic (exact) mass is 541 g/mol. The Kier molecular flexibility index (Phi) is 7.86. The van der Waals surface area contributed by atoms with E-state index in [9.17, 15) is 26.2 Å². The predicted octanol–water partition coefficient (Wildman–Crippen LogP) is 5.27. The van der Waals surface area contributed by atoms with Gasteiger partial charge in [0.25, 0.3) is 0 Å². The second-order valence-corrected chi connectivity index (χ2v) is 14.5. The van der Waals surface area contributed by atoms with E-state index in [0.717, 1.165) is 0 Å². The van der Waals surface area contributed by atoms with E-state index >= 15 is 0 Å². The first-order valence-electron chi connectivity index (χ1n) is 10.9. The molecule has 0 aliphatic heterocycles. The average Bonchev–Trinajstić information content (AvgIpc) is 2.78. The molecule has 1 heterocycles. The minimum atomic E-state index is -4.78. The largest absolute Gasteiger partial charge is 0.496 e. The number of hydrogen-bond donors (Lipinski definition) is 1. The van der Waals surface area contributed by atoms with Crippen LogP contribution < -0.4 is 15.4 Å². The maximum absolute atomic E-state index is 13.8. The van der Waals surface area contributed by atoms with Crippen molar-refractivity contribution < 1.29 is 30.9 Å². The minimum absolute atomic E-state index is 0.0232. The van der Waals surface area contributed by atoms with Crippen molar-refractivity contribution in [1.29, 1.82) is 0 Å². The van der Waals surface area contributed by atoms with Crippen LogP contribution in [0.2, 0.25) is 0 Å². The van der Waals surface area contributed by atoms with Crippen LogP contribution in [0.25, 0.3) is 0 Å². The summed E-state index contributed by atoms with van der Waals surface area (Å²) in [4.78, 5) is 7.86. The Bertz CT molecular complexity index is 1420. The van der Waals surface area contributed by atoms with Gasteiger partial charge in [-0.25, -0.2) is 18.4 Å². The number of nitrogens with one attached hydrogen (secondary N) is 1. The Morgan fingerprint density at radius 1 is 1.11 bits per heavy atom. The third-order valence-corrected chi connectivity index (χ3v) is 9.18. The molecule has 0 unspecified atom stereocenters. The summed E-state index contributed by atoms with van der Waals surface area (Å²) in [5.74, 6) is -0.110. The molecule has 12 heteroatoms. The van der Waals surface area contributed by atoms with Crippen LogP contribution in [-0.2, 0) is 27.0 Å². The summed E-state index contributed by atoms with van der Waals surface area (Å²) in [6.07, 6.45) is -4.09. The highest BCUT2D eigenvalue weighted by molar-refractivity contribution is 7.92. The number of rotatable bonds is 8. The number of ether oxygens (including phenoxy) is 1. The van der Waals surface area contributed by atoms with Gasteiger partial charge in [-0.3, -0.25) is 0 Å². The summed E-state index contributed by atoms with van der Waals surface area (Å²) < 4.78 is 84.6. The maximum Gasteiger partial charge on any atom is 0.421 e. The van der Waals surface area contributed by atoms with Crippen molar-refractivity contribution in [3.63, 3.8) is 0 Å². The Hall–Kier alpha value is -2.91. The quantitative estimate of drug-likeness (QED) is 0.388. The SMILES string of the molecule is COc1cc(P(C)(C)=O)ccc1Cc1ncc(C(F)(F)F)c(Nc2ccccc2S(=O)(=O)C(C)C)n1. The molecule has 1 aromatic heterocycles. The Morgan fingerprint density at radius 3 is 2.36 bits per heavy atom. The van der Waals surface area contributed by atoms with Gasteiger partial charge in [-0.1, -0.05) is 24.3 Å². The second kappa shape index (κ2) is 10.2. The molecule has 2 aromatic carbocycles. The van der Waals surface area contributed by atoms with Crippen molar-refractivity contribution in [3.05, 3.63) is 65.6 Å². The van der Waals surface area contributed by atoms with Crippen molar-refractivity contribution >= 4 is 33.8 Å². The number of alkyl halides is 3. The number of nitrogens with zero attached hydrogens (tertiary/aromatic N) is 2. The van der Waals surface area contributed by atoms with Crippen LogP contribution in [0.1, 0.15) is 30.8 Å². The van der Waals surface area contributed by atoms with Crippen LogP contribution in [0.15, 0.2) is 53.6 Å². The van der Waals surface area contributed by atoms with Crippen molar-refractivity contribution in [3.8, 4) is 5.75 Å². The van der Waals surface area contributed by atoms with E-state index in [2.05, 4.69) is 15.3 Å². The molecule has 3 aromatic rings. The van der Waals surface area contributed by atoms with Gasteiger partial charge in [0.1, 0.15) is 30.1 Å². The van der Waals surface area contributed by atoms with Gasteiger partial charge >= 0.3 is 6.18 Å². The number of methoxy groups -OCH3 is 1. The highest BCUT2D eigenvalue weighted by Crippen LogP contribution is 2.38. The Balaban J connectivity index is 2.07. The van der Waals surface area contributed by atoms with E-state index in [1.54, 1.807) is 31.5 Å². The maximum atomic E-state index is 13.8. The van der Waals surface area contributed by atoms with Gasteiger partial charge in [0.15, 0.2) is 9.84 Å². The molecule has 0 radical (unpaired) electrons. The fourth-order valence-corrected chi connectivity index (χ4v) is 5.45. The third-order valence-electron chi connectivity index (χ3n) is 5.45. The van der Waals surface area contributed by atoms with E-state index in [1.807, 2.05) is 0 Å². The lowest BCUT2D eigenvalue weighted by Crippen LogP contribution is -2.17. The van der Waals surface area contributed by atoms with Gasteiger partial charge in [0.2, 0.25) is 0 Å². The van der Waals surface area contributed by atoms with Crippen molar-refractivity contribution in [2.24, 2.45) is 0 Å². The fourth-order valence-electron chi connectivity index (χ4n) is 3.39. The molecule has 3 rings (SSSR count). The third kappa shape index (κ3) is 6.07. The predicted molar refractivity (Wildman–Crippen MR) is 134 cm³/mol. The van der Waals surface area contributed by atoms with Crippen LogP contribution in [0.4, 0.5) is 24.7 Å². The van der Waals surface area contributed by atoms with E-state index in [4.69, 9.17) is 4.74 Å². The first-order valence-corrected chi connectivity index (χ1v) is 15.0. The van der Waals surface area contributed by atoms with Crippen LogP contribution in [0, 0.1) is 0 Å². The molecule has 0 amide bonds. The van der Waals surface area contributed by atoms with Gasteiger partial charge < -0.3 is 14.6 Å². The van der Waals surface area contributed by atoms with Crippen LogP contribution in [0.5, 0.6) is 5.75 Å². The highest BCUT2D eigenvalue weighted by Gasteiger charge is 2.36. The molecular formula is C24H27F3N3O4PS. The van der Waals surface area contributed by atoms with E-state index in [-0.39, 0.29) is 22.8 Å². The van der Waals surface area contributed by atoms with Gasteiger partial charge in [-0.2, -0.15) is 13.2 Å². The first-order chi connectivity index (χ1) is 16.6. The molecule has 0 bridgehead atoms. The highest BCUT2D eigenvalue weighted by atomic mass is 32.2. The summed E-state index contributed by atoms with van der Waals surface area (Å²) in [5.41, 5.74) is -0.573. The van der Waals surface area contributed by atoms with E-state index in [0.29, 0.717) is 22.8 Å². The smallest absolute Gasteiger partial charge is 0.421 e. The molecule has 36 heavy (non-hydrogen) atoms. The summed E-state index contributed by atoms with van der Waals surface area (Å²) >= 11 is 0. The van der Waals surface area contributed by atoms with Crippen molar-refractivity contribution in [2.75, 3.05) is 25.8 Å². The zero-order valence-corrected chi connectivity index (χ0v) is 22.1. The fraction of sp³-hybridized carbons (Fsp3) is 0.333. The summed E-state index contributed by atoms with van der Waals surface area (Å²) in [6.45, 7) is 6.22. The van der Waals surface area contributed by atoms with Gasteiger partial charge in [-0.15, -0.1) is 0 Å². The van der Waals surface area contributed by atoms with Crippen LogP contribution in [0.3, 0.4) is 0 Å². The van der Waals surface area contributed by atoms with Gasteiger partial charge in [-0.05, 0) is 45.4 Å². The summed E-state index contributed by atoms with van der Waals surface area (Å²) in [5, 5.41) is 2.40. The molecular weight excluding hydrogens is 514 g/mol. The first kappa shape index (κ1) is 27.7. The Labute approximate surface area is 208 Å². The van der Waals surface area contributed by atoms with Gasteiger partial charge in [0, 0.05) is 23.5 Å². The lowest BCUT2D eigenvalue weighted by atomic mass is 10.1. The molecule has 0 atom stereocenters. The van der Waals surface area contributed by atoms with Crippen molar-refractivity contribution in [1.82, 2.24) is 9.97 Å². The molecule has 0 aliphatic carbocycles. The van der Waals surface area contributed by atoms with Crippen LogP contribution in [-0.4, -0.2) is 44.1 Å². The number of anilines is 2. The van der Waals surface area contributed by atoms with Crippen LogP contribution >= 0.6 is 7.14 Å². The number of benzene rings is 2. The number of halogens is 3. The van der Waals surface area contributed by atoms with Crippen molar-refractivity contribution in [2.45, 2.75) is 36.6 Å². The molecule has 0 aliphatic rings. The average molecular weight is 542 g/mol. The normalized spacial score (nSPS) is 12.6. The zero-order chi connectivity index (χ0) is 26.9. The summed E-state index contributed by atoms with van der Waals surface area (Å²) in [7, 11) is -4.90. The number of aromatic nitrogens is 2. The van der Waals surface area contributed by atoms with Gasteiger partial charge in [0.05, 0.1) is 22.9 Å².